The molecule has 1 fully saturated rings. The van der Waals surface area contributed by atoms with E-state index < -0.39 is 0 Å². The van der Waals surface area contributed by atoms with Gasteiger partial charge < -0.3 is 5.32 Å². The van der Waals surface area contributed by atoms with E-state index in [4.69, 9.17) is 6.42 Å². The number of hydrogen-bond acceptors (Lipinski definition) is 1. The maximum absolute atomic E-state index is 5.15. The fraction of sp³-hybridized carbons (Fsp3) is 0.571. The Balaban J connectivity index is 0.000000921. The Morgan fingerprint density at radius 2 is 2.07 bits per heavy atom. The molecule has 1 heterocycles. The van der Waals surface area contributed by atoms with Gasteiger partial charge in [-0.05, 0) is 31.8 Å². The topological polar surface area (TPSA) is 12.0 Å². The third kappa shape index (κ3) is 6.14. The molecule has 1 N–H and O–H groups in total. The summed E-state index contributed by atoms with van der Waals surface area (Å²) in [7, 11) is 0. The van der Waals surface area contributed by atoms with E-state index in [1.54, 1.807) is 0 Å². The van der Waals surface area contributed by atoms with Crippen molar-refractivity contribution < 1.29 is 0 Å². The largest absolute Gasteiger partial charge is 0.317 e. The van der Waals surface area contributed by atoms with Crippen LogP contribution in [0.4, 0.5) is 0 Å². The van der Waals surface area contributed by atoms with Crippen LogP contribution < -0.4 is 5.32 Å². The first-order valence-corrected chi connectivity index (χ1v) is 5.84. The quantitative estimate of drug-likeness (QED) is 0.551. The summed E-state index contributed by atoms with van der Waals surface area (Å²) in [5.74, 6) is 3.25. The molecule has 84 valence electrons. The van der Waals surface area contributed by atoms with Gasteiger partial charge in [-0.1, -0.05) is 38.2 Å². The molecule has 1 heteroatoms. The maximum Gasteiger partial charge on any atom is 0.0270 e. The average Bonchev–Trinajstić information content (AvgIpc) is 2.33. The van der Waals surface area contributed by atoms with Gasteiger partial charge in [-0.15, -0.1) is 12.3 Å². The summed E-state index contributed by atoms with van der Waals surface area (Å²) >= 11 is 0. The molecule has 0 aromatic heterocycles. The monoisotopic (exact) mass is 205 g/mol. The highest BCUT2D eigenvalue weighted by Crippen LogP contribution is 2.20. The van der Waals surface area contributed by atoms with Crippen LogP contribution in [0, 0.1) is 18.3 Å². The maximum atomic E-state index is 5.15. The van der Waals surface area contributed by atoms with E-state index in [2.05, 4.69) is 23.9 Å². The number of piperidine rings is 1. The third-order valence-electron chi connectivity index (χ3n) is 2.43. The van der Waals surface area contributed by atoms with Gasteiger partial charge >= 0.3 is 0 Å². The zero-order chi connectivity index (χ0) is 11.5. The smallest absolute Gasteiger partial charge is 0.0270 e. The van der Waals surface area contributed by atoms with Gasteiger partial charge in [-0.2, -0.15) is 0 Å². The van der Waals surface area contributed by atoms with Gasteiger partial charge in [0.15, 0.2) is 0 Å². The van der Waals surface area contributed by atoms with Gasteiger partial charge in [0.1, 0.15) is 0 Å². The van der Waals surface area contributed by atoms with Crippen LogP contribution in [0.2, 0.25) is 0 Å². The number of terminal acetylenes is 1. The summed E-state index contributed by atoms with van der Waals surface area (Å²) in [6, 6.07) is 0. The normalized spacial score (nSPS) is 16.6. The Kier molecular flexibility index (Phi) is 8.91. The molecule has 0 bridgehead atoms. The van der Waals surface area contributed by atoms with E-state index in [1.165, 1.54) is 18.4 Å². The standard InChI is InChI=1S/C12H17N.C2H6/c1-3-4-5-6-11(2)12-7-9-13-10-8-12;1-2/h1,5-6,12-13H,2,4,7-10H2;1-2H3/b6-5-;. The molecule has 1 aliphatic heterocycles. The van der Waals surface area contributed by atoms with Crippen LogP contribution in [-0.2, 0) is 0 Å². The van der Waals surface area contributed by atoms with Crippen LogP contribution in [0.5, 0.6) is 0 Å². The molecular weight excluding hydrogens is 182 g/mol. The Bertz CT molecular complexity index is 226. The molecule has 0 aromatic rings. The van der Waals surface area contributed by atoms with E-state index in [-0.39, 0.29) is 0 Å². The predicted molar refractivity (Wildman–Crippen MR) is 68.7 cm³/mol. The van der Waals surface area contributed by atoms with Gasteiger partial charge in [0.25, 0.3) is 0 Å². The highest BCUT2D eigenvalue weighted by Gasteiger charge is 2.13. The first kappa shape index (κ1) is 14.0. The Morgan fingerprint density at radius 1 is 1.47 bits per heavy atom. The summed E-state index contributed by atoms with van der Waals surface area (Å²) in [5, 5.41) is 3.34. The van der Waals surface area contributed by atoms with E-state index >= 15 is 0 Å². The van der Waals surface area contributed by atoms with E-state index in [1.807, 2.05) is 19.9 Å². The van der Waals surface area contributed by atoms with E-state index in [0.717, 1.165) is 13.1 Å². The molecule has 0 atom stereocenters. The average molecular weight is 205 g/mol. The molecule has 0 radical (unpaired) electrons. The van der Waals surface area contributed by atoms with Crippen LogP contribution in [0.15, 0.2) is 24.3 Å². The molecule has 0 amide bonds. The summed E-state index contributed by atoms with van der Waals surface area (Å²) < 4.78 is 0. The highest BCUT2D eigenvalue weighted by molar-refractivity contribution is 5.19. The molecule has 0 aromatic carbocycles. The van der Waals surface area contributed by atoms with Crippen LogP contribution in [-0.4, -0.2) is 13.1 Å². The second-order valence-corrected chi connectivity index (χ2v) is 3.41. The first-order valence-electron chi connectivity index (χ1n) is 5.84. The molecule has 15 heavy (non-hydrogen) atoms. The third-order valence-corrected chi connectivity index (χ3v) is 2.43. The number of nitrogens with one attached hydrogen (secondary N) is 1. The molecule has 0 saturated carbocycles. The van der Waals surface area contributed by atoms with Gasteiger partial charge in [-0.25, -0.2) is 0 Å². The molecular formula is C14H23N. The lowest BCUT2D eigenvalue weighted by atomic mass is 9.90. The second-order valence-electron chi connectivity index (χ2n) is 3.41. The molecule has 0 spiro atoms. The molecule has 1 nitrogen and oxygen atoms in total. The van der Waals surface area contributed by atoms with Crippen molar-refractivity contribution in [3.63, 3.8) is 0 Å². The fourth-order valence-corrected chi connectivity index (χ4v) is 1.61. The Hall–Kier alpha value is -1.00. The van der Waals surface area contributed by atoms with Crippen molar-refractivity contribution in [2.24, 2.45) is 5.92 Å². The summed E-state index contributed by atoms with van der Waals surface area (Å²) in [5.41, 5.74) is 1.23. The first-order chi connectivity index (χ1) is 7.34. The minimum absolute atomic E-state index is 0.662. The van der Waals surface area contributed by atoms with E-state index in [0.29, 0.717) is 12.3 Å². The summed E-state index contributed by atoms with van der Waals surface area (Å²) in [6.45, 7) is 10.3. The zero-order valence-electron chi connectivity index (χ0n) is 10.1. The van der Waals surface area contributed by atoms with Crippen LogP contribution in [0.25, 0.3) is 0 Å². The van der Waals surface area contributed by atoms with Crippen molar-refractivity contribution in [1.29, 1.82) is 0 Å². The summed E-state index contributed by atoms with van der Waals surface area (Å²) in [6.07, 6.45) is 12.4. The molecule has 1 rings (SSSR count). The molecule has 0 unspecified atom stereocenters. The Morgan fingerprint density at radius 3 is 2.60 bits per heavy atom. The van der Waals surface area contributed by atoms with Crippen molar-refractivity contribution in [3.05, 3.63) is 24.3 Å². The van der Waals surface area contributed by atoms with Gasteiger partial charge in [0.2, 0.25) is 0 Å². The second kappa shape index (κ2) is 9.55. The van der Waals surface area contributed by atoms with Crippen LogP contribution in [0.1, 0.15) is 33.1 Å². The van der Waals surface area contributed by atoms with Crippen molar-refractivity contribution in [1.82, 2.24) is 5.32 Å². The minimum Gasteiger partial charge on any atom is -0.317 e. The lowest BCUT2D eigenvalue weighted by Gasteiger charge is -2.22. The van der Waals surface area contributed by atoms with Gasteiger partial charge in [0, 0.05) is 6.42 Å². The Labute approximate surface area is 94.7 Å². The molecule has 1 saturated heterocycles. The van der Waals surface area contributed by atoms with Gasteiger partial charge in [0.05, 0.1) is 0 Å². The number of hydrogen-bond donors (Lipinski definition) is 1. The van der Waals surface area contributed by atoms with E-state index in [9.17, 15) is 0 Å². The fourth-order valence-electron chi connectivity index (χ4n) is 1.61. The van der Waals surface area contributed by atoms with Crippen molar-refractivity contribution in [2.75, 3.05) is 13.1 Å². The summed E-state index contributed by atoms with van der Waals surface area (Å²) in [4.78, 5) is 0. The van der Waals surface area contributed by atoms with Crippen molar-refractivity contribution in [2.45, 2.75) is 33.1 Å². The van der Waals surface area contributed by atoms with Crippen molar-refractivity contribution in [3.8, 4) is 12.3 Å². The lowest BCUT2D eigenvalue weighted by Crippen LogP contribution is -2.28. The lowest BCUT2D eigenvalue weighted by molar-refractivity contribution is 0.426. The highest BCUT2D eigenvalue weighted by atomic mass is 14.9. The molecule has 0 aliphatic carbocycles. The minimum atomic E-state index is 0.662. The number of allylic oxidation sites excluding steroid dienone is 3. The van der Waals surface area contributed by atoms with Crippen molar-refractivity contribution >= 4 is 0 Å². The number of rotatable bonds is 3. The zero-order valence-corrected chi connectivity index (χ0v) is 10.1. The van der Waals surface area contributed by atoms with Crippen LogP contribution >= 0.6 is 0 Å². The van der Waals surface area contributed by atoms with Gasteiger partial charge in [-0.3, -0.25) is 0 Å². The van der Waals surface area contributed by atoms with Crippen LogP contribution in [0.3, 0.4) is 0 Å². The SMILES string of the molecule is C#CC/C=C\C(=C)C1CCNCC1.CC. The molecule has 1 aliphatic rings. The predicted octanol–water partition coefficient (Wildman–Crippen LogP) is 3.15.